The number of benzene rings is 1. The van der Waals surface area contributed by atoms with Gasteiger partial charge in [-0.25, -0.2) is 9.18 Å². The summed E-state index contributed by atoms with van der Waals surface area (Å²) in [6.45, 7) is 1.08. The second kappa shape index (κ2) is 7.01. The summed E-state index contributed by atoms with van der Waals surface area (Å²) in [5, 5.41) is 9.13. The number of aromatic hydroxyl groups is 1. The van der Waals surface area contributed by atoms with Crippen molar-refractivity contribution in [3.8, 4) is 5.75 Å². The van der Waals surface area contributed by atoms with Crippen LogP contribution in [0.1, 0.15) is 18.5 Å². The van der Waals surface area contributed by atoms with Gasteiger partial charge in [0.05, 0.1) is 6.61 Å². The molecule has 0 unspecified atom stereocenters. The lowest BCUT2D eigenvalue weighted by Crippen LogP contribution is -2.41. The Bertz CT molecular complexity index is 500. The third-order valence-corrected chi connectivity index (χ3v) is 2.55. The van der Waals surface area contributed by atoms with Crippen molar-refractivity contribution in [2.24, 2.45) is 5.73 Å². The number of hydrogen-bond acceptors (Lipinski definition) is 4. The van der Waals surface area contributed by atoms with Gasteiger partial charge in [-0.3, -0.25) is 0 Å². The molecule has 9 heteroatoms. The van der Waals surface area contributed by atoms with E-state index in [-0.39, 0.29) is 24.0 Å². The van der Waals surface area contributed by atoms with Crippen LogP contribution in [-0.4, -0.2) is 23.6 Å². The summed E-state index contributed by atoms with van der Waals surface area (Å²) in [4.78, 5) is 11.1. The fourth-order valence-corrected chi connectivity index (χ4v) is 1.59. The molecule has 4 nitrogen and oxygen atoms in total. The Kier molecular flexibility index (Phi) is 6.60. The molecule has 0 spiro atoms. The van der Waals surface area contributed by atoms with Crippen LogP contribution in [0.5, 0.6) is 5.75 Å². The second-order valence-electron chi connectivity index (χ2n) is 3.65. The van der Waals surface area contributed by atoms with E-state index in [9.17, 15) is 23.1 Å². The summed E-state index contributed by atoms with van der Waals surface area (Å²) in [7, 11) is 0. The largest absolute Gasteiger partial charge is 0.505 e. The van der Waals surface area contributed by atoms with Gasteiger partial charge in [0.15, 0.2) is 11.6 Å². The molecule has 114 valence electrons. The number of carbonyl (C=O) groups is 1. The van der Waals surface area contributed by atoms with E-state index < -0.39 is 35.1 Å². The maximum atomic E-state index is 13.7. The van der Waals surface area contributed by atoms with Crippen LogP contribution in [0.25, 0.3) is 0 Å². The van der Waals surface area contributed by atoms with E-state index in [1.807, 2.05) is 0 Å². The number of alkyl halides is 2. The average molecular weight is 334 g/mol. The predicted molar refractivity (Wildman–Crippen MR) is 68.8 cm³/mol. The topological polar surface area (TPSA) is 72.5 Å². The highest BCUT2D eigenvalue weighted by molar-refractivity contribution is 6.30. The Hall–Kier alpha value is -1.18. The van der Waals surface area contributed by atoms with Gasteiger partial charge >= 0.3 is 11.9 Å². The minimum Gasteiger partial charge on any atom is -0.505 e. The average Bonchev–Trinajstić information content (AvgIpc) is 2.33. The van der Waals surface area contributed by atoms with E-state index in [1.54, 1.807) is 0 Å². The Morgan fingerprint density at radius 1 is 1.55 bits per heavy atom. The summed E-state index contributed by atoms with van der Waals surface area (Å²) in [5.41, 5.74) is 4.53. The number of phenolic OH excluding ortho intramolecular Hbond substituents is 1. The third kappa shape index (κ3) is 3.68. The minimum absolute atomic E-state index is 0. The molecule has 0 saturated carbocycles. The number of nitrogens with two attached hydrogens (primary N) is 1. The molecule has 0 aliphatic rings. The van der Waals surface area contributed by atoms with Crippen molar-refractivity contribution < 1.29 is 27.8 Å². The number of phenols is 1. The van der Waals surface area contributed by atoms with Crippen molar-refractivity contribution in [3.05, 3.63) is 28.5 Å². The fourth-order valence-electron chi connectivity index (χ4n) is 1.37. The molecule has 0 bridgehead atoms. The van der Waals surface area contributed by atoms with Gasteiger partial charge in [0.2, 0.25) is 0 Å². The molecular weight excluding hydrogens is 322 g/mol. The number of carbonyl (C=O) groups excluding carboxylic acids is 1. The third-order valence-electron chi connectivity index (χ3n) is 2.33. The lowest BCUT2D eigenvalue weighted by Gasteiger charge is -2.22. The highest BCUT2D eigenvalue weighted by atomic mass is 35.5. The first-order valence-corrected chi connectivity index (χ1v) is 5.58. The maximum absolute atomic E-state index is 13.7. The van der Waals surface area contributed by atoms with Crippen molar-refractivity contribution in [1.82, 2.24) is 0 Å². The number of halogens is 5. The van der Waals surface area contributed by atoms with E-state index in [0.29, 0.717) is 0 Å². The number of hydrogen-bond donors (Lipinski definition) is 2. The summed E-state index contributed by atoms with van der Waals surface area (Å²) in [6.07, 6.45) is 0. The van der Waals surface area contributed by atoms with Crippen LogP contribution < -0.4 is 5.73 Å². The van der Waals surface area contributed by atoms with Gasteiger partial charge in [-0.05, 0) is 19.1 Å². The standard InChI is InChI=1S/C11H11ClF3NO3.ClH/c1-2-19-10(18)11(14,15)9(16)6-3-5(12)4-7(13)8(6)17;/h3-4,9,17H,2,16H2,1H3;1H/t9-;/m0./s1. The van der Waals surface area contributed by atoms with Crippen molar-refractivity contribution in [3.63, 3.8) is 0 Å². The van der Waals surface area contributed by atoms with Crippen molar-refractivity contribution in [2.75, 3.05) is 6.61 Å². The lowest BCUT2D eigenvalue weighted by atomic mass is 10.00. The molecule has 0 fully saturated rings. The molecule has 20 heavy (non-hydrogen) atoms. The molecule has 3 N–H and O–H groups in total. The van der Waals surface area contributed by atoms with E-state index in [4.69, 9.17) is 17.3 Å². The lowest BCUT2D eigenvalue weighted by molar-refractivity contribution is -0.174. The van der Waals surface area contributed by atoms with Crippen LogP contribution in [0.2, 0.25) is 5.02 Å². The predicted octanol–water partition coefficient (Wildman–Crippen LogP) is 2.80. The van der Waals surface area contributed by atoms with Crippen molar-refractivity contribution in [2.45, 2.75) is 18.9 Å². The second-order valence-corrected chi connectivity index (χ2v) is 4.08. The Morgan fingerprint density at radius 3 is 2.60 bits per heavy atom. The molecule has 0 heterocycles. The molecule has 0 aromatic heterocycles. The highest BCUT2D eigenvalue weighted by Gasteiger charge is 2.49. The van der Waals surface area contributed by atoms with Gasteiger partial charge in [0.25, 0.3) is 0 Å². The van der Waals surface area contributed by atoms with Crippen LogP contribution >= 0.6 is 24.0 Å². The Morgan fingerprint density at radius 2 is 2.10 bits per heavy atom. The van der Waals surface area contributed by atoms with E-state index >= 15 is 0 Å². The zero-order chi connectivity index (χ0) is 14.8. The molecular formula is C11H12Cl2F3NO3. The monoisotopic (exact) mass is 333 g/mol. The molecule has 0 aliphatic carbocycles. The van der Waals surface area contributed by atoms with E-state index in [0.717, 1.165) is 12.1 Å². The first-order chi connectivity index (χ1) is 8.71. The molecule has 1 atom stereocenters. The Labute approximate surface area is 124 Å². The van der Waals surface area contributed by atoms with Gasteiger partial charge in [-0.2, -0.15) is 8.78 Å². The molecule has 0 radical (unpaired) electrons. The molecule has 0 aliphatic heterocycles. The summed E-state index contributed by atoms with van der Waals surface area (Å²) in [5.74, 6) is -8.27. The van der Waals surface area contributed by atoms with Crippen molar-refractivity contribution in [1.29, 1.82) is 0 Å². The van der Waals surface area contributed by atoms with Crippen LogP contribution in [0.15, 0.2) is 12.1 Å². The maximum Gasteiger partial charge on any atom is 0.379 e. The van der Waals surface area contributed by atoms with Crippen molar-refractivity contribution >= 4 is 30.0 Å². The Balaban J connectivity index is 0.00000361. The number of ether oxygens (including phenoxy) is 1. The van der Waals surface area contributed by atoms with Gasteiger partial charge in [-0.15, -0.1) is 12.4 Å². The van der Waals surface area contributed by atoms with Gasteiger partial charge in [-0.1, -0.05) is 11.6 Å². The van der Waals surface area contributed by atoms with E-state index in [2.05, 4.69) is 4.74 Å². The molecule has 0 amide bonds. The zero-order valence-corrected chi connectivity index (χ0v) is 11.8. The van der Waals surface area contributed by atoms with Crippen LogP contribution in [-0.2, 0) is 9.53 Å². The van der Waals surface area contributed by atoms with Crippen LogP contribution in [0.3, 0.4) is 0 Å². The van der Waals surface area contributed by atoms with Gasteiger partial charge in [0, 0.05) is 10.6 Å². The normalized spacial score (nSPS) is 12.5. The zero-order valence-electron chi connectivity index (χ0n) is 10.2. The SMILES string of the molecule is CCOC(=O)C(F)(F)[C@@H](N)c1cc(Cl)cc(F)c1O.Cl. The summed E-state index contributed by atoms with van der Waals surface area (Å²) >= 11 is 5.49. The number of esters is 1. The quantitative estimate of drug-likeness (QED) is 0.831. The number of rotatable bonds is 4. The molecule has 1 rings (SSSR count). The summed E-state index contributed by atoms with van der Waals surface area (Å²) < 4.78 is 44.7. The highest BCUT2D eigenvalue weighted by Crippen LogP contribution is 2.37. The molecule has 0 saturated heterocycles. The van der Waals surface area contributed by atoms with Gasteiger partial charge in [0.1, 0.15) is 6.04 Å². The van der Waals surface area contributed by atoms with Gasteiger partial charge < -0.3 is 15.6 Å². The molecule has 1 aromatic rings. The molecule has 1 aromatic carbocycles. The summed E-state index contributed by atoms with van der Waals surface area (Å²) in [6, 6.07) is -0.687. The minimum atomic E-state index is -4.12. The smallest absolute Gasteiger partial charge is 0.379 e. The fraction of sp³-hybridized carbons (Fsp3) is 0.364. The first-order valence-electron chi connectivity index (χ1n) is 5.20. The van der Waals surface area contributed by atoms with E-state index in [1.165, 1.54) is 6.92 Å². The first kappa shape index (κ1) is 18.8. The van der Waals surface area contributed by atoms with Crippen LogP contribution in [0.4, 0.5) is 13.2 Å². The van der Waals surface area contributed by atoms with Crippen LogP contribution in [0, 0.1) is 5.82 Å².